The molecular weight excluding hydrogens is 394 g/mol. The maximum atomic E-state index is 13.3. The Morgan fingerprint density at radius 2 is 1.87 bits per heavy atom. The minimum atomic E-state index is -0.425. The number of thiophene rings is 1. The molecule has 6 rings (SSSR count). The maximum Gasteiger partial charge on any atom is 0.255 e. The van der Waals surface area contributed by atoms with Gasteiger partial charge in [0.05, 0.1) is 17.5 Å². The van der Waals surface area contributed by atoms with E-state index in [1.807, 2.05) is 64.6 Å². The van der Waals surface area contributed by atoms with Crippen molar-refractivity contribution >= 4 is 27.3 Å². The highest BCUT2D eigenvalue weighted by Crippen LogP contribution is 2.49. The molecule has 1 fully saturated rings. The SMILES string of the molecule is Cn1ncc2c1-c1ccccc1OC21CCN(C(=O)c2csc3ccccc23)CC1. The summed E-state index contributed by atoms with van der Waals surface area (Å²) in [6.07, 6.45) is 3.46. The largest absolute Gasteiger partial charge is 0.482 e. The van der Waals surface area contributed by atoms with E-state index in [0.29, 0.717) is 13.1 Å². The van der Waals surface area contributed by atoms with Crippen molar-refractivity contribution in [1.29, 1.82) is 0 Å². The summed E-state index contributed by atoms with van der Waals surface area (Å²) < 4.78 is 9.69. The van der Waals surface area contributed by atoms with Gasteiger partial charge < -0.3 is 9.64 Å². The average Bonchev–Trinajstić information content (AvgIpc) is 3.39. The van der Waals surface area contributed by atoms with E-state index in [1.165, 1.54) is 0 Å². The number of piperidine rings is 1. The van der Waals surface area contributed by atoms with Crippen molar-refractivity contribution in [2.45, 2.75) is 18.4 Å². The molecule has 2 aromatic heterocycles. The second kappa shape index (κ2) is 6.44. The fourth-order valence-electron chi connectivity index (χ4n) is 4.86. The standard InChI is InChI=1S/C24H21N3O2S/c1-26-22-17-7-2-4-8-20(17)29-24(19(22)14-25-26)10-12-27(13-11-24)23(28)18-15-30-21-9-5-3-6-16(18)21/h2-9,14-15H,10-13H2,1H3. The molecule has 2 aliphatic heterocycles. The highest BCUT2D eigenvalue weighted by Gasteiger charge is 2.46. The van der Waals surface area contributed by atoms with E-state index in [4.69, 9.17) is 4.74 Å². The summed E-state index contributed by atoms with van der Waals surface area (Å²) in [5, 5.41) is 7.57. The fraction of sp³-hybridized carbons (Fsp3) is 0.250. The molecule has 2 aromatic carbocycles. The number of hydrogen-bond donors (Lipinski definition) is 0. The van der Waals surface area contributed by atoms with Crippen LogP contribution in [0.3, 0.4) is 0 Å². The summed E-state index contributed by atoms with van der Waals surface area (Å²) in [5.41, 5.74) is 3.73. The van der Waals surface area contributed by atoms with E-state index in [-0.39, 0.29) is 5.91 Å². The van der Waals surface area contributed by atoms with Gasteiger partial charge in [0.2, 0.25) is 0 Å². The Bertz CT molecular complexity index is 1280. The number of ether oxygens (including phenoxy) is 1. The first-order valence-corrected chi connectivity index (χ1v) is 11.1. The Balaban J connectivity index is 1.31. The maximum absolute atomic E-state index is 13.3. The van der Waals surface area contributed by atoms with E-state index in [9.17, 15) is 4.79 Å². The monoisotopic (exact) mass is 415 g/mol. The van der Waals surface area contributed by atoms with Gasteiger partial charge in [-0.2, -0.15) is 5.10 Å². The minimum Gasteiger partial charge on any atom is -0.482 e. The summed E-state index contributed by atoms with van der Waals surface area (Å²) >= 11 is 1.63. The van der Waals surface area contributed by atoms with Crippen molar-refractivity contribution in [3.63, 3.8) is 0 Å². The average molecular weight is 416 g/mol. The number of aryl methyl sites for hydroxylation is 1. The molecule has 1 saturated heterocycles. The molecule has 0 bridgehead atoms. The quantitative estimate of drug-likeness (QED) is 0.448. The molecule has 4 aromatic rings. The van der Waals surface area contributed by atoms with Gasteiger partial charge in [-0.05, 0) is 18.2 Å². The highest BCUT2D eigenvalue weighted by molar-refractivity contribution is 7.17. The van der Waals surface area contributed by atoms with Gasteiger partial charge >= 0.3 is 0 Å². The van der Waals surface area contributed by atoms with Crippen LogP contribution in [0.25, 0.3) is 21.3 Å². The van der Waals surface area contributed by atoms with Crippen molar-refractivity contribution in [2.24, 2.45) is 7.05 Å². The molecule has 1 spiro atoms. The lowest BCUT2D eigenvalue weighted by Gasteiger charge is -2.44. The number of amides is 1. The van der Waals surface area contributed by atoms with Crippen LogP contribution < -0.4 is 4.74 Å². The van der Waals surface area contributed by atoms with Gasteiger partial charge in [0.15, 0.2) is 0 Å². The molecular formula is C24H21N3O2S. The van der Waals surface area contributed by atoms with Crippen molar-refractivity contribution in [2.75, 3.05) is 13.1 Å². The topological polar surface area (TPSA) is 47.4 Å². The summed E-state index contributed by atoms with van der Waals surface area (Å²) in [6.45, 7) is 1.33. The van der Waals surface area contributed by atoms with Gasteiger partial charge in [0.25, 0.3) is 5.91 Å². The summed E-state index contributed by atoms with van der Waals surface area (Å²) in [4.78, 5) is 15.2. The smallest absolute Gasteiger partial charge is 0.255 e. The van der Waals surface area contributed by atoms with E-state index in [0.717, 1.165) is 51.1 Å². The molecule has 150 valence electrons. The molecule has 0 N–H and O–H groups in total. The van der Waals surface area contributed by atoms with Gasteiger partial charge in [0.1, 0.15) is 11.4 Å². The number of benzene rings is 2. The van der Waals surface area contributed by atoms with Crippen LogP contribution in [0.5, 0.6) is 5.75 Å². The normalized spacial score (nSPS) is 16.9. The number of nitrogens with zero attached hydrogens (tertiary/aromatic N) is 3. The molecule has 6 heteroatoms. The molecule has 1 amide bonds. The third-order valence-corrected chi connectivity index (χ3v) is 7.41. The predicted octanol–water partition coefficient (Wildman–Crippen LogP) is 4.83. The Hall–Kier alpha value is -3.12. The number of carbonyl (C=O) groups is 1. The molecule has 0 radical (unpaired) electrons. The number of fused-ring (bicyclic) bond motifs is 5. The number of hydrogen-bond acceptors (Lipinski definition) is 4. The molecule has 0 unspecified atom stereocenters. The Morgan fingerprint density at radius 3 is 2.73 bits per heavy atom. The summed E-state index contributed by atoms with van der Waals surface area (Å²) in [6, 6.07) is 16.3. The van der Waals surface area contributed by atoms with Crippen LogP contribution in [0.1, 0.15) is 28.8 Å². The van der Waals surface area contributed by atoms with Crippen molar-refractivity contribution in [3.8, 4) is 17.0 Å². The number of aromatic nitrogens is 2. The van der Waals surface area contributed by atoms with E-state index >= 15 is 0 Å². The Kier molecular flexibility index (Phi) is 3.80. The summed E-state index contributed by atoms with van der Waals surface area (Å²) in [7, 11) is 1.98. The first-order valence-electron chi connectivity index (χ1n) is 10.2. The van der Waals surface area contributed by atoms with Crippen molar-refractivity contribution in [3.05, 3.63) is 71.2 Å². The molecule has 0 atom stereocenters. The van der Waals surface area contributed by atoms with Crippen LogP contribution in [-0.2, 0) is 12.6 Å². The van der Waals surface area contributed by atoms with E-state index < -0.39 is 5.60 Å². The van der Waals surface area contributed by atoms with Gasteiger partial charge in [-0.15, -0.1) is 11.3 Å². The Labute approximate surface area is 178 Å². The fourth-order valence-corrected chi connectivity index (χ4v) is 5.80. The van der Waals surface area contributed by atoms with Gasteiger partial charge in [-0.3, -0.25) is 9.48 Å². The van der Waals surface area contributed by atoms with Crippen LogP contribution in [0.15, 0.2) is 60.1 Å². The lowest BCUT2D eigenvalue weighted by atomic mass is 9.81. The third kappa shape index (κ3) is 2.46. The predicted molar refractivity (Wildman–Crippen MR) is 118 cm³/mol. The van der Waals surface area contributed by atoms with Crippen LogP contribution in [0.2, 0.25) is 0 Å². The van der Waals surface area contributed by atoms with Crippen LogP contribution >= 0.6 is 11.3 Å². The minimum absolute atomic E-state index is 0.116. The second-order valence-corrected chi connectivity index (χ2v) is 8.97. The molecule has 30 heavy (non-hydrogen) atoms. The van der Waals surface area contributed by atoms with E-state index in [1.54, 1.807) is 11.3 Å². The number of likely N-dealkylation sites (tertiary alicyclic amines) is 1. The number of para-hydroxylation sites is 1. The van der Waals surface area contributed by atoms with Crippen LogP contribution in [0, 0.1) is 0 Å². The molecule has 2 aliphatic rings. The van der Waals surface area contributed by atoms with Gasteiger partial charge in [-0.25, -0.2) is 0 Å². The second-order valence-electron chi connectivity index (χ2n) is 8.06. The number of rotatable bonds is 1. The van der Waals surface area contributed by atoms with Crippen LogP contribution in [-0.4, -0.2) is 33.7 Å². The van der Waals surface area contributed by atoms with Crippen molar-refractivity contribution < 1.29 is 9.53 Å². The molecule has 5 nitrogen and oxygen atoms in total. The third-order valence-electron chi connectivity index (χ3n) is 6.45. The molecule has 4 heterocycles. The molecule has 0 aliphatic carbocycles. The first kappa shape index (κ1) is 17.7. The lowest BCUT2D eigenvalue weighted by Crippen LogP contribution is -2.49. The van der Waals surface area contributed by atoms with E-state index in [2.05, 4.69) is 17.2 Å². The summed E-state index contributed by atoms with van der Waals surface area (Å²) in [5.74, 6) is 1.02. The first-order chi connectivity index (χ1) is 14.7. The number of carbonyl (C=O) groups excluding carboxylic acids is 1. The molecule has 0 saturated carbocycles. The van der Waals surface area contributed by atoms with Crippen LogP contribution in [0.4, 0.5) is 0 Å². The zero-order chi connectivity index (χ0) is 20.3. The van der Waals surface area contributed by atoms with Gasteiger partial charge in [-0.1, -0.05) is 30.3 Å². The lowest BCUT2D eigenvalue weighted by molar-refractivity contribution is -0.00165. The Morgan fingerprint density at radius 1 is 1.10 bits per heavy atom. The van der Waals surface area contributed by atoms with Gasteiger partial charge in [0, 0.05) is 59.6 Å². The van der Waals surface area contributed by atoms with Crippen molar-refractivity contribution in [1.82, 2.24) is 14.7 Å². The zero-order valence-electron chi connectivity index (χ0n) is 16.7. The zero-order valence-corrected chi connectivity index (χ0v) is 17.5. The highest BCUT2D eigenvalue weighted by atomic mass is 32.1.